The zero-order chi connectivity index (χ0) is 14.9. The van der Waals surface area contributed by atoms with Crippen LogP contribution in [0.1, 0.15) is 22.8 Å². The predicted molar refractivity (Wildman–Crippen MR) is 89.2 cm³/mol. The van der Waals surface area contributed by atoms with E-state index in [1.807, 2.05) is 39.8 Å². The molecule has 0 radical (unpaired) electrons. The van der Waals surface area contributed by atoms with Crippen molar-refractivity contribution in [1.29, 1.82) is 0 Å². The normalized spacial score (nSPS) is 11.6. The van der Waals surface area contributed by atoms with Crippen LogP contribution in [0.15, 0.2) is 22.4 Å². The summed E-state index contributed by atoms with van der Waals surface area (Å²) in [4.78, 5) is 17.5. The highest BCUT2D eigenvalue weighted by Gasteiger charge is 2.15. The van der Waals surface area contributed by atoms with Crippen LogP contribution in [0, 0.1) is 27.7 Å². The first-order chi connectivity index (χ1) is 9.26. The molecule has 2 rings (SSSR count). The van der Waals surface area contributed by atoms with Crippen LogP contribution in [-0.2, 0) is 28.6 Å². The molecule has 2 aromatic heterocycles. The first-order valence-electron chi connectivity index (χ1n) is 5.85. The number of hydrogen-bond donors (Lipinski definition) is 0. The fourth-order valence-electron chi connectivity index (χ4n) is 1.67. The maximum atomic E-state index is 5.55. The summed E-state index contributed by atoms with van der Waals surface area (Å²) in [5, 5.41) is 1.14. The van der Waals surface area contributed by atoms with E-state index in [-0.39, 0.29) is 0 Å². The Hall–Kier alpha value is -0.700. The molecule has 2 heterocycles. The fraction of sp³-hybridized carbons (Fsp3) is 0.333. The van der Waals surface area contributed by atoms with Gasteiger partial charge in [-0.3, -0.25) is 0 Å². The van der Waals surface area contributed by atoms with Crippen LogP contribution in [0.3, 0.4) is 0 Å². The van der Waals surface area contributed by atoms with Gasteiger partial charge in [-0.25, -0.2) is 19.9 Å². The summed E-state index contributed by atoms with van der Waals surface area (Å²) in [7, 11) is 1.31. The van der Waals surface area contributed by atoms with Crippen LogP contribution in [0.4, 0.5) is 0 Å². The Kier molecular flexibility index (Phi) is 4.68. The van der Waals surface area contributed by atoms with E-state index in [0.29, 0.717) is 10.3 Å². The van der Waals surface area contributed by atoms with Gasteiger partial charge in [0.2, 0.25) is 5.16 Å². The molecule has 0 atom stereocenters. The molecule has 0 saturated carbocycles. The molecule has 0 N–H and O–H groups in total. The minimum Gasteiger partial charge on any atom is -0.227 e. The number of rotatable bonds is 3. The van der Waals surface area contributed by atoms with Gasteiger partial charge >= 0.3 is 0 Å². The third-order valence-corrected chi connectivity index (χ3v) is 7.18. The molecule has 0 aromatic carbocycles. The Bertz CT molecular complexity index is 716. The number of nitrogens with zero attached hydrogens (tertiary/aromatic N) is 4. The molecular weight excluding hydrogens is 328 g/mol. The van der Waals surface area contributed by atoms with Crippen molar-refractivity contribution in [1.82, 2.24) is 19.9 Å². The van der Waals surface area contributed by atoms with Gasteiger partial charge in [-0.1, -0.05) is 0 Å². The Balaban J connectivity index is 2.40. The van der Waals surface area contributed by atoms with E-state index in [4.69, 9.17) is 22.4 Å². The van der Waals surface area contributed by atoms with Crippen molar-refractivity contribution < 1.29 is 0 Å². The quantitative estimate of drug-likeness (QED) is 0.628. The van der Waals surface area contributed by atoms with Gasteiger partial charge in [-0.2, -0.15) is 0 Å². The number of aromatic nitrogens is 4. The van der Waals surface area contributed by atoms with Crippen LogP contribution in [0.5, 0.6) is 0 Å². The van der Waals surface area contributed by atoms with Gasteiger partial charge < -0.3 is 0 Å². The summed E-state index contributed by atoms with van der Waals surface area (Å²) in [6.07, 6.45) is -2.06. The van der Waals surface area contributed by atoms with Crippen LogP contribution in [0.2, 0.25) is 0 Å². The summed E-state index contributed by atoms with van der Waals surface area (Å²) < 4.78 is 0. The van der Waals surface area contributed by atoms with Gasteiger partial charge in [0.05, 0.1) is 0 Å². The van der Waals surface area contributed by atoms with Crippen molar-refractivity contribution in [2.75, 3.05) is 0 Å². The lowest BCUT2D eigenvalue weighted by Crippen LogP contribution is -2.04. The summed E-state index contributed by atoms with van der Waals surface area (Å²) in [5.74, 6) is 0. The second-order valence-corrected chi connectivity index (χ2v) is 13.1. The second-order valence-electron chi connectivity index (χ2n) is 4.40. The van der Waals surface area contributed by atoms with Gasteiger partial charge in [-0.15, -0.1) is 0 Å². The van der Waals surface area contributed by atoms with E-state index in [1.54, 1.807) is 0 Å². The third-order valence-electron chi connectivity index (χ3n) is 2.33. The molecule has 106 valence electrons. The largest absolute Gasteiger partial charge is 0.227 e. The van der Waals surface area contributed by atoms with Crippen molar-refractivity contribution >= 4 is 39.3 Å². The Labute approximate surface area is 132 Å². The molecule has 0 aliphatic carbocycles. The molecular formula is C12H14N4S4. The van der Waals surface area contributed by atoms with Crippen LogP contribution < -0.4 is 0 Å². The lowest BCUT2D eigenvalue weighted by molar-refractivity contribution is 0.899. The topological polar surface area (TPSA) is 51.6 Å². The minimum absolute atomic E-state index is 0.535. The Morgan fingerprint density at radius 1 is 0.800 bits per heavy atom. The molecule has 20 heavy (non-hydrogen) atoms. The van der Waals surface area contributed by atoms with Crippen molar-refractivity contribution in [3.05, 3.63) is 34.9 Å². The van der Waals surface area contributed by atoms with Gasteiger partial charge in [0, 0.05) is 29.0 Å². The zero-order valence-electron chi connectivity index (χ0n) is 11.6. The molecule has 0 spiro atoms. The summed E-state index contributed by atoms with van der Waals surface area (Å²) in [5.41, 5.74) is 3.56. The minimum atomic E-state index is -2.06. The van der Waals surface area contributed by atoms with Crippen molar-refractivity contribution in [3.63, 3.8) is 0 Å². The average Bonchev–Trinajstić information content (AvgIpc) is 2.25. The lowest BCUT2D eigenvalue weighted by Gasteiger charge is -2.09. The number of hydrogen-bond acceptors (Lipinski definition) is 7. The van der Waals surface area contributed by atoms with E-state index < -0.39 is 6.18 Å². The summed E-state index contributed by atoms with van der Waals surface area (Å²) in [6.45, 7) is 7.68. The molecule has 0 unspecified atom stereocenters. The monoisotopic (exact) mass is 342 g/mol. The van der Waals surface area contributed by atoms with Crippen LogP contribution in [-0.4, -0.2) is 19.9 Å². The van der Waals surface area contributed by atoms with Crippen molar-refractivity contribution in [2.45, 2.75) is 38.0 Å². The summed E-state index contributed by atoms with van der Waals surface area (Å²) in [6, 6.07) is 3.82. The third kappa shape index (κ3) is 3.91. The molecule has 8 heteroatoms. The maximum Gasteiger partial charge on any atom is 0.206 e. The predicted octanol–water partition coefficient (Wildman–Crippen LogP) is 2.64. The van der Waals surface area contributed by atoms with Gasteiger partial charge in [0.25, 0.3) is 0 Å². The van der Waals surface area contributed by atoms with E-state index in [2.05, 4.69) is 19.9 Å². The Morgan fingerprint density at radius 2 is 1.20 bits per heavy atom. The molecule has 0 bridgehead atoms. The van der Waals surface area contributed by atoms with E-state index in [1.165, 1.54) is 10.8 Å². The van der Waals surface area contributed by atoms with Crippen LogP contribution >= 0.6 is 10.8 Å². The molecule has 2 aromatic rings. The van der Waals surface area contributed by atoms with E-state index >= 15 is 0 Å². The first-order valence-corrected chi connectivity index (χ1v) is 10.7. The number of aryl methyl sites for hydroxylation is 4. The highest BCUT2D eigenvalue weighted by atomic mass is 33.5. The SMILES string of the molecule is Cc1cc(C)nc(SS(=S)(=S)c2nc(C)cc(C)n2)n1. The lowest BCUT2D eigenvalue weighted by atomic mass is 10.4. The highest BCUT2D eigenvalue weighted by molar-refractivity contribution is 8.97. The fourth-order valence-corrected chi connectivity index (χ4v) is 5.62. The molecule has 0 aliphatic rings. The van der Waals surface area contributed by atoms with E-state index in [9.17, 15) is 0 Å². The van der Waals surface area contributed by atoms with Gasteiger partial charge in [-0.05, 0) is 73.0 Å². The average molecular weight is 343 g/mol. The second kappa shape index (κ2) is 5.97. The van der Waals surface area contributed by atoms with Crippen molar-refractivity contribution in [3.8, 4) is 0 Å². The Morgan fingerprint density at radius 3 is 1.65 bits per heavy atom. The standard InChI is InChI=1S/C12H14N4S4/c1-7-5-8(2)14-11(13-7)19-20(17,18)12-15-9(3)6-10(4)16-12/h5-6H,1-4H3. The van der Waals surface area contributed by atoms with Gasteiger partial charge in [0.15, 0.2) is 5.16 Å². The maximum absolute atomic E-state index is 5.55. The summed E-state index contributed by atoms with van der Waals surface area (Å²) >= 11 is 11.1. The van der Waals surface area contributed by atoms with Crippen LogP contribution in [0.25, 0.3) is 0 Å². The molecule has 0 saturated heterocycles. The highest BCUT2D eigenvalue weighted by Crippen LogP contribution is 2.28. The molecule has 0 fully saturated rings. The first kappa shape index (κ1) is 15.7. The van der Waals surface area contributed by atoms with Crippen molar-refractivity contribution in [2.24, 2.45) is 0 Å². The van der Waals surface area contributed by atoms with E-state index in [0.717, 1.165) is 22.8 Å². The zero-order valence-corrected chi connectivity index (χ0v) is 14.8. The molecule has 0 aliphatic heterocycles. The smallest absolute Gasteiger partial charge is 0.206 e. The molecule has 4 nitrogen and oxygen atoms in total. The molecule has 0 amide bonds. The van der Waals surface area contributed by atoms with Gasteiger partial charge in [0.1, 0.15) is 0 Å².